The molecule has 1 aliphatic rings. The number of halogens is 2. The molecule has 1 saturated carbocycles. The SMILES string of the molecule is CCC1CCC(C(=O)Oc2ccc(-c3ccc(OC(F)F)cc3)cc2)CC1. The normalized spacial score (nSPS) is 19.7. The molecule has 3 rings (SSSR count). The second-order valence-electron chi connectivity index (χ2n) is 6.97. The third kappa shape index (κ3) is 5.28. The first-order chi connectivity index (χ1) is 13.0. The molecule has 2 aromatic rings. The van der Waals surface area contributed by atoms with Gasteiger partial charge in [0.15, 0.2) is 0 Å². The monoisotopic (exact) mass is 374 g/mol. The van der Waals surface area contributed by atoms with E-state index in [2.05, 4.69) is 11.7 Å². The van der Waals surface area contributed by atoms with Gasteiger partial charge in [0.05, 0.1) is 5.92 Å². The summed E-state index contributed by atoms with van der Waals surface area (Å²) < 4.78 is 34.3. The molecule has 0 amide bonds. The molecule has 0 spiro atoms. The lowest BCUT2D eigenvalue weighted by Gasteiger charge is -2.26. The molecule has 27 heavy (non-hydrogen) atoms. The third-order valence-electron chi connectivity index (χ3n) is 5.24. The van der Waals surface area contributed by atoms with Crippen LogP contribution in [0.2, 0.25) is 0 Å². The maximum absolute atomic E-state index is 12.3. The van der Waals surface area contributed by atoms with E-state index in [4.69, 9.17) is 4.74 Å². The van der Waals surface area contributed by atoms with Crippen molar-refractivity contribution < 1.29 is 23.0 Å². The van der Waals surface area contributed by atoms with E-state index >= 15 is 0 Å². The zero-order valence-electron chi connectivity index (χ0n) is 15.4. The Hall–Kier alpha value is -2.43. The molecule has 5 heteroatoms. The summed E-state index contributed by atoms with van der Waals surface area (Å²) >= 11 is 0. The van der Waals surface area contributed by atoms with E-state index in [-0.39, 0.29) is 17.6 Å². The van der Waals surface area contributed by atoms with Crippen LogP contribution in [0.15, 0.2) is 48.5 Å². The topological polar surface area (TPSA) is 35.5 Å². The van der Waals surface area contributed by atoms with Gasteiger partial charge in [0.25, 0.3) is 0 Å². The molecule has 144 valence electrons. The van der Waals surface area contributed by atoms with E-state index in [1.807, 2.05) is 12.1 Å². The van der Waals surface area contributed by atoms with Gasteiger partial charge in [-0.3, -0.25) is 4.79 Å². The quantitative estimate of drug-likeness (QED) is 0.454. The molecule has 0 N–H and O–H groups in total. The zero-order valence-corrected chi connectivity index (χ0v) is 15.4. The first kappa shape index (κ1) is 19.3. The number of benzene rings is 2. The van der Waals surface area contributed by atoms with Crippen LogP contribution in [-0.2, 0) is 4.79 Å². The number of hydrogen-bond acceptors (Lipinski definition) is 3. The lowest BCUT2D eigenvalue weighted by Crippen LogP contribution is -2.25. The fraction of sp³-hybridized carbons (Fsp3) is 0.409. The fourth-order valence-corrected chi connectivity index (χ4v) is 3.55. The molecule has 0 saturated heterocycles. The molecule has 0 atom stereocenters. The van der Waals surface area contributed by atoms with Crippen LogP contribution in [0, 0.1) is 11.8 Å². The van der Waals surface area contributed by atoms with E-state index in [1.165, 1.54) is 18.6 Å². The Bertz CT molecular complexity index is 733. The highest BCUT2D eigenvalue weighted by atomic mass is 19.3. The molecule has 3 nitrogen and oxygen atoms in total. The average molecular weight is 374 g/mol. The van der Waals surface area contributed by atoms with Gasteiger partial charge < -0.3 is 9.47 Å². The predicted octanol–water partition coefficient (Wildman–Crippen LogP) is 6.08. The lowest BCUT2D eigenvalue weighted by atomic mass is 9.81. The number of ether oxygens (including phenoxy) is 2. The molecule has 0 radical (unpaired) electrons. The van der Waals surface area contributed by atoms with Gasteiger partial charge in [-0.25, -0.2) is 0 Å². The molecular weight excluding hydrogens is 350 g/mol. The Labute approximate surface area is 158 Å². The van der Waals surface area contributed by atoms with Crippen molar-refractivity contribution in [2.24, 2.45) is 11.8 Å². The zero-order chi connectivity index (χ0) is 19.2. The minimum absolute atomic E-state index is 0.00476. The van der Waals surface area contributed by atoms with Crippen LogP contribution < -0.4 is 9.47 Å². The van der Waals surface area contributed by atoms with E-state index < -0.39 is 6.61 Å². The van der Waals surface area contributed by atoms with Crippen molar-refractivity contribution in [3.8, 4) is 22.6 Å². The number of hydrogen-bond donors (Lipinski definition) is 0. The van der Waals surface area contributed by atoms with Gasteiger partial charge in [0.1, 0.15) is 11.5 Å². The standard InChI is InChI=1S/C22H24F2O3/c1-2-15-3-5-18(6-4-15)21(25)26-19-11-7-16(8-12-19)17-9-13-20(14-10-17)27-22(23)24/h7-15,18,22H,2-6H2,1H3. The van der Waals surface area contributed by atoms with Gasteiger partial charge in [-0.2, -0.15) is 8.78 Å². The highest BCUT2D eigenvalue weighted by Gasteiger charge is 2.26. The van der Waals surface area contributed by atoms with Crippen LogP contribution >= 0.6 is 0 Å². The minimum atomic E-state index is -2.83. The molecule has 0 heterocycles. The maximum atomic E-state index is 12.3. The number of carbonyl (C=O) groups excluding carboxylic acids is 1. The number of carbonyl (C=O) groups is 1. The number of rotatable bonds is 6. The van der Waals surface area contributed by atoms with E-state index in [0.717, 1.165) is 42.7 Å². The smallest absolute Gasteiger partial charge is 0.387 e. The van der Waals surface area contributed by atoms with Crippen molar-refractivity contribution in [1.82, 2.24) is 0 Å². The molecule has 0 aromatic heterocycles. The van der Waals surface area contributed by atoms with Gasteiger partial charge >= 0.3 is 12.6 Å². The van der Waals surface area contributed by atoms with Crippen LogP contribution in [0.4, 0.5) is 8.78 Å². The van der Waals surface area contributed by atoms with Crippen LogP contribution in [-0.4, -0.2) is 12.6 Å². The van der Waals surface area contributed by atoms with Gasteiger partial charge in [-0.1, -0.05) is 37.6 Å². The Balaban J connectivity index is 1.58. The van der Waals surface area contributed by atoms with Crippen molar-refractivity contribution >= 4 is 5.97 Å². The van der Waals surface area contributed by atoms with Crippen LogP contribution in [0.5, 0.6) is 11.5 Å². The molecule has 0 unspecified atom stereocenters. The molecular formula is C22H24F2O3. The summed E-state index contributed by atoms with van der Waals surface area (Å²) in [7, 11) is 0. The molecule has 2 aromatic carbocycles. The Morgan fingerprint density at radius 2 is 1.44 bits per heavy atom. The Morgan fingerprint density at radius 1 is 0.926 bits per heavy atom. The van der Waals surface area contributed by atoms with E-state index in [0.29, 0.717) is 5.75 Å². The number of esters is 1. The summed E-state index contributed by atoms with van der Waals surface area (Å²) in [6, 6.07) is 13.6. The van der Waals surface area contributed by atoms with Gasteiger partial charge in [0.2, 0.25) is 0 Å². The molecule has 0 bridgehead atoms. The van der Waals surface area contributed by atoms with Crippen molar-refractivity contribution in [2.75, 3.05) is 0 Å². The molecule has 1 fully saturated rings. The van der Waals surface area contributed by atoms with E-state index in [9.17, 15) is 13.6 Å². The fourth-order valence-electron chi connectivity index (χ4n) is 3.55. The lowest BCUT2D eigenvalue weighted by molar-refractivity contribution is -0.140. The minimum Gasteiger partial charge on any atom is -0.435 e. The molecule has 1 aliphatic carbocycles. The van der Waals surface area contributed by atoms with Gasteiger partial charge in [0, 0.05) is 0 Å². The first-order valence-electron chi connectivity index (χ1n) is 9.42. The van der Waals surface area contributed by atoms with Crippen molar-refractivity contribution in [3.63, 3.8) is 0 Å². The summed E-state index contributed by atoms with van der Waals surface area (Å²) in [4.78, 5) is 12.3. The molecule has 0 aliphatic heterocycles. The van der Waals surface area contributed by atoms with Gasteiger partial charge in [-0.05, 0) is 67.0 Å². The van der Waals surface area contributed by atoms with Crippen molar-refractivity contribution in [1.29, 1.82) is 0 Å². The summed E-state index contributed by atoms with van der Waals surface area (Å²) in [5, 5.41) is 0. The highest BCUT2D eigenvalue weighted by molar-refractivity contribution is 5.75. The Morgan fingerprint density at radius 3 is 1.93 bits per heavy atom. The summed E-state index contributed by atoms with van der Waals surface area (Å²) in [6.45, 7) is -0.633. The first-order valence-corrected chi connectivity index (χ1v) is 9.42. The maximum Gasteiger partial charge on any atom is 0.387 e. The summed E-state index contributed by atoms with van der Waals surface area (Å²) in [5.41, 5.74) is 1.77. The highest BCUT2D eigenvalue weighted by Crippen LogP contribution is 2.32. The van der Waals surface area contributed by atoms with E-state index in [1.54, 1.807) is 24.3 Å². The predicted molar refractivity (Wildman–Crippen MR) is 99.9 cm³/mol. The summed E-state index contributed by atoms with van der Waals surface area (Å²) in [6.07, 6.45) is 5.18. The number of alkyl halides is 2. The van der Waals surface area contributed by atoms with Gasteiger partial charge in [-0.15, -0.1) is 0 Å². The summed E-state index contributed by atoms with van der Waals surface area (Å²) in [5.74, 6) is 1.24. The second kappa shape index (κ2) is 8.98. The van der Waals surface area contributed by atoms with Crippen molar-refractivity contribution in [3.05, 3.63) is 48.5 Å². The van der Waals surface area contributed by atoms with Crippen LogP contribution in [0.1, 0.15) is 39.0 Å². The van der Waals surface area contributed by atoms with Crippen LogP contribution in [0.3, 0.4) is 0 Å². The largest absolute Gasteiger partial charge is 0.435 e. The Kier molecular flexibility index (Phi) is 6.43. The average Bonchev–Trinajstić information content (AvgIpc) is 2.69. The third-order valence-corrected chi connectivity index (χ3v) is 5.24. The van der Waals surface area contributed by atoms with Crippen molar-refractivity contribution in [2.45, 2.75) is 45.6 Å². The van der Waals surface area contributed by atoms with Crippen LogP contribution in [0.25, 0.3) is 11.1 Å². The second-order valence-corrected chi connectivity index (χ2v) is 6.97.